The minimum Gasteiger partial charge on any atom is -0.458 e. The Hall–Kier alpha value is -1.79. The van der Waals surface area contributed by atoms with E-state index in [1.807, 2.05) is 18.2 Å². The van der Waals surface area contributed by atoms with E-state index in [-0.39, 0.29) is 30.0 Å². The van der Waals surface area contributed by atoms with Crippen LogP contribution in [0, 0.1) is 35.5 Å². The third kappa shape index (κ3) is 2.96. The molecular weight excluding hydrogens is 300 g/mol. The first-order valence-electron chi connectivity index (χ1n) is 8.93. The second kappa shape index (κ2) is 6.99. The highest BCUT2D eigenvalue weighted by Crippen LogP contribution is 2.58. The van der Waals surface area contributed by atoms with Gasteiger partial charge in [-0.3, -0.25) is 0 Å². The van der Waals surface area contributed by atoms with Gasteiger partial charge in [-0.1, -0.05) is 25.1 Å². The molecule has 2 aliphatic carbocycles. The van der Waals surface area contributed by atoms with Crippen molar-refractivity contribution in [2.45, 2.75) is 45.1 Å². The molecule has 24 heavy (non-hydrogen) atoms. The van der Waals surface area contributed by atoms with Crippen molar-refractivity contribution in [1.29, 1.82) is 0 Å². The number of carbonyl (C=O) groups is 1. The standard InChI is InChI=1S/C21H26O3/c1-3-15(14-22)17-11-12-18-19(10-7-13-21(17,18)2)24-20(23)16-8-5-4-6-9-16/h1,4-6,8-9,15,17-19,22H,7,10-14H2,2H3. The number of rotatable bonds is 4. The topological polar surface area (TPSA) is 46.5 Å². The first-order valence-corrected chi connectivity index (χ1v) is 8.93. The van der Waals surface area contributed by atoms with Crippen molar-refractivity contribution in [1.82, 2.24) is 0 Å². The summed E-state index contributed by atoms with van der Waals surface area (Å²) in [6, 6.07) is 9.19. The van der Waals surface area contributed by atoms with Crippen molar-refractivity contribution in [3.63, 3.8) is 0 Å². The number of carbonyl (C=O) groups excluding carboxylic acids is 1. The fraction of sp³-hybridized carbons (Fsp3) is 0.571. The number of aliphatic hydroxyl groups is 1. The van der Waals surface area contributed by atoms with Crippen molar-refractivity contribution in [2.75, 3.05) is 6.61 Å². The molecule has 1 N–H and O–H groups in total. The zero-order chi connectivity index (χ0) is 17.2. The monoisotopic (exact) mass is 326 g/mol. The highest BCUT2D eigenvalue weighted by atomic mass is 16.5. The first-order chi connectivity index (χ1) is 11.6. The summed E-state index contributed by atoms with van der Waals surface area (Å²) in [6.07, 6.45) is 10.7. The zero-order valence-electron chi connectivity index (χ0n) is 14.3. The van der Waals surface area contributed by atoms with Crippen molar-refractivity contribution >= 4 is 5.97 Å². The maximum absolute atomic E-state index is 12.4. The molecule has 3 rings (SSSR count). The molecule has 0 aromatic heterocycles. The molecule has 0 spiro atoms. The SMILES string of the molecule is C#CC(CO)C1CCC2C(OC(=O)c3ccccc3)CCCC12C. The van der Waals surface area contributed by atoms with E-state index in [9.17, 15) is 9.90 Å². The molecule has 1 aromatic carbocycles. The van der Waals surface area contributed by atoms with Crippen LogP contribution in [0.3, 0.4) is 0 Å². The number of terminal acetylenes is 1. The quantitative estimate of drug-likeness (QED) is 0.678. The largest absolute Gasteiger partial charge is 0.458 e. The Bertz CT molecular complexity index is 618. The van der Waals surface area contributed by atoms with Gasteiger partial charge in [-0.15, -0.1) is 12.3 Å². The second-order valence-electron chi connectivity index (χ2n) is 7.45. The van der Waals surface area contributed by atoms with E-state index in [1.165, 1.54) is 0 Å². The predicted octanol–water partition coefficient (Wildman–Crippen LogP) is 3.67. The van der Waals surface area contributed by atoms with Crippen LogP contribution in [0.2, 0.25) is 0 Å². The summed E-state index contributed by atoms with van der Waals surface area (Å²) >= 11 is 0. The van der Waals surface area contributed by atoms with Crippen LogP contribution in [0.1, 0.15) is 49.4 Å². The van der Waals surface area contributed by atoms with Crippen LogP contribution < -0.4 is 0 Å². The maximum Gasteiger partial charge on any atom is 0.338 e. The highest BCUT2D eigenvalue weighted by Gasteiger charge is 2.54. The third-order valence-corrected chi connectivity index (χ3v) is 6.30. The van der Waals surface area contributed by atoms with Crippen LogP contribution in [-0.4, -0.2) is 23.8 Å². The molecular formula is C21H26O3. The van der Waals surface area contributed by atoms with E-state index >= 15 is 0 Å². The van der Waals surface area contributed by atoms with Crippen LogP contribution in [-0.2, 0) is 4.74 Å². The molecule has 3 nitrogen and oxygen atoms in total. The predicted molar refractivity (Wildman–Crippen MR) is 93.2 cm³/mol. The Morgan fingerprint density at radius 2 is 2.12 bits per heavy atom. The van der Waals surface area contributed by atoms with Gasteiger partial charge in [-0.25, -0.2) is 4.79 Å². The van der Waals surface area contributed by atoms with Gasteiger partial charge >= 0.3 is 5.97 Å². The first kappa shape index (κ1) is 17.0. The van der Waals surface area contributed by atoms with Gasteiger partial charge in [-0.05, 0) is 55.6 Å². The van der Waals surface area contributed by atoms with E-state index in [0.717, 1.165) is 32.1 Å². The number of esters is 1. The summed E-state index contributed by atoms with van der Waals surface area (Å²) in [4.78, 5) is 12.4. The Kier molecular flexibility index (Phi) is 4.96. The minimum atomic E-state index is -0.232. The number of benzene rings is 1. The van der Waals surface area contributed by atoms with Gasteiger partial charge in [0.1, 0.15) is 6.10 Å². The number of hydrogen-bond acceptors (Lipinski definition) is 3. The summed E-state index contributed by atoms with van der Waals surface area (Å²) in [7, 11) is 0. The Morgan fingerprint density at radius 3 is 2.79 bits per heavy atom. The van der Waals surface area contributed by atoms with E-state index < -0.39 is 0 Å². The number of fused-ring (bicyclic) bond motifs is 1. The van der Waals surface area contributed by atoms with Crippen molar-refractivity contribution in [3.8, 4) is 12.3 Å². The molecule has 5 atom stereocenters. The molecule has 2 aliphatic rings. The van der Waals surface area contributed by atoms with Gasteiger partial charge in [0.25, 0.3) is 0 Å². The second-order valence-corrected chi connectivity index (χ2v) is 7.45. The molecule has 0 heterocycles. The van der Waals surface area contributed by atoms with Crippen molar-refractivity contribution in [2.24, 2.45) is 23.2 Å². The van der Waals surface area contributed by atoms with Crippen molar-refractivity contribution in [3.05, 3.63) is 35.9 Å². The van der Waals surface area contributed by atoms with E-state index in [4.69, 9.17) is 11.2 Å². The third-order valence-electron chi connectivity index (χ3n) is 6.30. The lowest BCUT2D eigenvalue weighted by atomic mass is 9.62. The molecule has 0 bridgehead atoms. The summed E-state index contributed by atoms with van der Waals surface area (Å²) in [6.45, 7) is 2.32. The van der Waals surface area contributed by atoms with E-state index in [1.54, 1.807) is 12.1 Å². The molecule has 128 valence electrons. The smallest absolute Gasteiger partial charge is 0.338 e. The van der Waals surface area contributed by atoms with E-state index in [2.05, 4.69) is 12.8 Å². The molecule has 0 aliphatic heterocycles. The molecule has 0 saturated heterocycles. The van der Waals surface area contributed by atoms with Crippen LogP contribution in [0.25, 0.3) is 0 Å². The van der Waals surface area contributed by atoms with Crippen LogP contribution in [0.4, 0.5) is 0 Å². The Balaban J connectivity index is 1.75. The van der Waals surface area contributed by atoms with Gasteiger partial charge in [0.05, 0.1) is 12.2 Å². The van der Waals surface area contributed by atoms with Gasteiger partial charge in [-0.2, -0.15) is 0 Å². The van der Waals surface area contributed by atoms with Crippen LogP contribution in [0.15, 0.2) is 30.3 Å². The average molecular weight is 326 g/mol. The Morgan fingerprint density at radius 1 is 1.38 bits per heavy atom. The van der Waals surface area contributed by atoms with Gasteiger partial charge in [0.2, 0.25) is 0 Å². The average Bonchev–Trinajstić information content (AvgIpc) is 2.95. The number of ether oxygens (including phenoxy) is 1. The summed E-state index contributed by atoms with van der Waals surface area (Å²) < 4.78 is 5.90. The minimum absolute atomic E-state index is 0.0396. The lowest BCUT2D eigenvalue weighted by Crippen LogP contribution is -2.43. The van der Waals surface area contributed by atoms with Gasteiger partial charge in [0.15, 0.2) is 0 Å². The Labute approximate surface area is 144 Å². The maximum atomic E-state index is 12.4. The molecule has 2 saturated carbocycles. The fourth-order valence-corrected chi connectivity index (χ4v) is 5.04. The molecule has 1 aromatic rings. The lowest BCUT2D eigenvalue weighted by molar-refractivity contribution is -0.0472. The van der Waals surface area contributed by atoms with Gasteiger partial charge < -0.3 is 9.84 Å². The van der Waals surface area contributed by atoms with Crippen LogP contribution >= 0.6 is 0 Å². The molecule has 0 amide bonds. The number of aliphatic hydroxyl groups excluding tert-OH is 1. The van der Waals surface area contributed by atoms with E-state index in [0.29, 0.717) is 17.4 Å². The zero-order valence-corrected chi connectivity index (χ0v) is 14.3. The molecule has 0 radical (unpaired) electrons. The molecule has 3 heteroatoms. The number of hydrogen-bond donors (Lipinski definition) is 1. The summed E-state index contributed by atoms with van der Waals surface area (Å²) in [5, 5.41) is 9.62. The summed E-state index contributed by atoms with van der Waals surface area (Å²) in [5.74, 6) is 3.10. The fourth-order valence-electron chi connectivity index (χ4n) is 5.04. The van der Waals surface area contributed by atoms with Crippen LogP contribution in [0.5, 0.6) is 0 Å². The lowest BCUT2D eigenvalue weighted by Gasteiger charge is -2.45. The van der Waals surface area contributed by atoms with Gasteiger partial charge in [0, 0.05) is 11.8 Å². The summed E-state index contributed by atoms with van der Waals surface area (Å²) in [5.41, 5.74) is 0.663. The highest BCUT2D eigenvalue weighted by molar-refractivity contribution is 5.89. The van der Waals surface area contributed by atoms with Crippen molar-refractivity contribution < 1.29 is 14.6 Å². The molecule has 2 fully saturated rings. The molecule has 5 unspecified atom stereocenters. The normalized spacial score (nSPS) is 33.3.